The molecule has 0 aliphatic carbocycles. The predicted molar refractivity (Wildman–Crippen MR) is 121 cm³/mol. The monoisotopic (exact) mass is 416 g/mol. The van der Waals surface area contributed by atoms with Crippen molar-refractivity contribution in [1.29, 1.82) is 0 Å². The van der Waals surface area contributed by atoms with Gasteiger partial charge in [0.05, 0.1) is 6.61 Å². The van der Waals surface area contributed by atoms with Gasteiger partial charge in [0.2, 0.25) is 11.8 Å². The molecule has 1 aliphatic heterocycles. The van der Waals surface area contributed by atoms with Crippen LogP contribution in [0.4, 0.5) is 29.1 Å². The van der Waals surface area contributed by atoms with Crippen LogP contribution in [-0.2, 0) is 0 Å². The standard InChI is InChI=1S/C22H24N8O/c1-2-31-21-7-5-6-17(25-21)26-22-27-18(15-20(28-22)29-10-3-4-11-29)24-16-8-12-30-13-9-23-19(30)14-16/h5-9,12-15H,2-4,10-11H2,1H3,(H2,24,25,26,27,28). The van der Waals surface area contributed by atoms with Gasteiger partial charge in [-0.25, -0.2) is 4.98 Å². The molecule has 158 valence electrons. The van der Waals surface area contributed by atoms with E-state index in [1.165, 1.54) is 12.8 Å². The van der Waals surface area contributed by atoms with E-state index < -0.39 is 0 Å². The first-order valence-corrected chi connectivity index (χ1v) is 10.5. The Morgan fingerprint density at radius 2 is 1.87 bits per heavy atom. The van der Waals surface area contributed by atoms with Gasteiger partial charge in [-0.1, -0.05) is 6.07 Å². The van der Waals surface area contributed by atoms with Crippen LogP contribution in [0.2, 0.25) is 0 Å². The zero-order chi connectivity index (χ0) is 21.0. The van der Waals surface area contributed by atoms with E-state index >= 15 is 0 Å². The maximum atomic E-state index is 5.50. The lowest BCUT2D eigenvalue weighted by Crippen LogP contribution is -2.20. The van der Waals surface area contributed by atoms with Crippen molar-refractivity contribution < 1.29 is 4.74 Å². The number of anilines is 5. The summed E-state index contributed by atoms with van der Waals surface area (Å²) in [6.45, 7) is 4.48. The average Bonchev–Trinajstić information content (AvgIpc) is 3.46. The minimum atomic E-state index is 0.481. The van der Waals surface area contributed by atoms with Gasteiger partial charge in [-0.2, -0.15) is 15.0 Å². The fourth-order valence-electron chi connectivity index (χ4n) is 3.63. The van der Waals surface area contributed by atoms with Gasteiger partial charge in [-0.3, -0.25) is 0 Å². The molecule has 0 radical (unpaired) electrons. The lowest BCUT2D eigenvalue weighted by Gasteiger charge is -2.19. The highest BCUT2D eigenvalue weighted by molar-refractivity contribution is 5.65. The largest absolute Gasteiger partial charge is 0.478 e. The van der Waals surface area contributed by atoms with Crippen LogP contribution in [0, 0.1) is 0 Å². The number of nitrogens with zero attached hydrogens (tertiary/aromatic N) is 6. The third kappa shape index (κ3) is 4.35. The van der Waals surface area contributed by atoms with Gasteiger partial charge in [0.25, 0.3) is 0 Å². The van der Waals surface area contributed by atoms with Crippen molar-refractivity contribution in [2.45, 2.75) is 19.8 Å². The van der Waals surface area contributed by atoms with Crippen LogP contribution >= 0.6 is 0 Å². The molecule has 9 heteroatoms. The average molecular weight is 416 g/mol. The van der Waals surface area contributed by atoms with Crippen LogP contribution in [0.25, 0.3) is 5.65 Å². The molecule has 4 aromatic heterocycles. The van der Waals surface area contributed by atoms with Crippen LogP contribution in [0.3, 0.4) is 0 Å². The van der Waals surface area contributed by atoms with Crippen molar-refractivity contribution >= 4 is 34.7 Å². The number of aromatic nitrogens is 5. The number of fused-ring (bicyclic) bond motifs is 1. The van der Waals surface area contributed by atoms with Crippen LogP contribution in [0.1, 0.15) is 19.8 Å². The van der Waals surface area contributed by atoms with E-state index in [1.54, 1.807) is 6.20 Å². The van der Waals surface area contributed by atoms with Crippen molar-refractivity contribution in [2.75, 3.05) is 35.2 Å². The van der Waals surface area contributed by atoms with Gasteiger partial charge in [0, 0.05) is 55.6 Å². The first kappa shape index (κ1) is 19.1. The van der Waals surface area contributed by atoms with Crippen LogP contribution in [0.15, 0.2) is 55.0 Å². The summed E-state index contributed by atoms with van der Waals surface area (Å²) in [6.07, 6.45) is 8.00. The SMILES string of the molecule is CCOc1cccc(Nc2nc(Nc3ccn4ccnc4c3)cc(N3CCCC3)n2)n1. The Morgan fingerprint density at radius 1 is 0.968 bits per heavy atom. The number of nitrogens with one attached hydrogen (secondary N) is 2. The van der Waals surface area contributed by atoms with E-state index in [-0.39, 0.29) is 0 Å². The molecule has 0 atom stereocenters. The molecule has 9 nitrogen and oxygen atoms in total. The number of hydrogen-bond acceptors (Lipinski definition) is 8. The molecule has 4 aromatic rings. The molecule has 31 heavy (non-hydrogen) atoms. The fourth-order valence-corrected chi connectivity index (χ4v) is 3.63. The Bertz CT molecular complexity index is 1190. The van der Waals surface area contributed by atoms with Crippen molar-refractivity contribution in [1.82, 2.24) is 24.3 Å². The Hall–Kier alpha value is -3.88. The van der Waals surface area contributed by atoms with Crippen LogP contribution in [-0.4, -0.2) is 44.0 Å². The van der Waals surface area contributed by atoms with Crippen molar-refractivity contribution in [3.05, 3.63) is 55.0 Å². The smallest absolute Gasteiger partial charge is 0.232 e. The molecule has 5 heterocycles. The minimum Gasteiger partial charge on any atom is -0.478 e. The lowest BCUT2D eigenvalue weighted by atomic mass is 10.3. The van der Waals surface area contributed by atoms with Gasteiger partial charge >= 0.3 is 0 Å². The molecule has 0 spiro atoms. The normalized spacial score (nSPS) is 13.5. The number of ether oxygens (including phenoxy) is 1. The Balaban J connectivity index is 1.45. The minimum absolute atomic E-state index is 0.481. The van der Waals surface area contributed by atoms with Gasteiger partial charge < -0.3 is 24.7 Å². The fraction of sp³-hybridized carbons (Fsp3) is 0.273. The van der Waals surface area contributed by atoms with E-state index in [0.717, 1.165) is 30.2 Å². The molecule has 0 bridgehead atoms. The predicted octanol–water partition coefficient (Wildman–Crippen LogP) is 4.01. The topological polar surface area (TPSA) is 92.5 Å². The van der Waals surface area contributed by atoms with Gasteiger partial charge in [0.15, 0.2) is 0 Å². The second kappa shape index (κ2) is 8.47. The van der Waals surface area contributed by atoms with Crippen molar-refractivity contribution in [3.8, 4) is 5.88 Å². The Morgan fingerprint density at radius 3 is 2.74 bits per heavy atom. The summed E-state index contributed by atoms with van der Waals surface area (Å²) in [5, 5.41) is 6.61. The summed E-state index contributed by atoms with van der Waals surface area (Å²) >= 11 is 0. The van der Waals surface area contributed by atoms with E-state index in [9.17, 15) is 0 Å². The summed E-state index contributed by atoms with van der Waals surface area (Å²) in [5.41, 5.74) is 1.78. The third-order valence-electron chi connectivity index (χ3n) is 5.07. The first-order valence-electron chi connectivity index (χ1n) is 10.5. The summed E-state index contributed by atoms with van der Waals surface area (Å²) in [6, 6.07) is 11.5. The van der Waals surface area contributed by atoms with Crippen molar-refractivity contribution in [3.63, 3.8) is 0 Å². The Labute approximate surface area is 180 Å². The maximum Gasteiger partial charge on any atom is 0.232 e. The molecule has 1 fully saturated rings. The van der Waals surface area contributed by atoms with Gasteiger partial charge in [0.1, 0.15) is 23.1 Å². The molecule has 1 aliphatic rings. The second-order valence-corrected chi connectivity index (χ2v) is 7.28. The highest BCUT2D eigenvalue weighted by Crippen LogP contribution is 2.26. The third-order valence-corrected chi connectivity index (χ3v) is 5.07. The highest BCUT2D eigenvalue weighted by Gasteiger charge is 2.16. The first-order chi connectivity index (χ1) is 15.3. The molecule has 0 saturated carbocycles. The summed E-state index contributed by atoms with van der Waals surface area (Å²) in [4.78, 5) is 20.5. The second-order valence-electron chi connectivity index (χ2n) is 7.28. The van der Waals surface area contributed by atoms with E-state index in [2.05, 4.69) is 30.5 Å². The molecule has 0 unspecified atom stereocenters. The van der Waals surface area contributed by atoms with E-state index in [1.807, 2.05) is 60.1 Å². The molecule has 0 amide bonds. The highest BCUT2D eigenvalue weighted by atomic mass is 16.5. The van der Waals surface area contributed by atoms with Crippen molar-refractivity contribution in [2.24, 2.45) is 0 Å². The summed E-state index contributed by atoms with van der Waals surface area (Å²) in [5.74, 6) is 3.27. The molecule has 1 saturated heterocycles. The maximum absolute atomic E-state index is 5.50. The molecule has 0 aromatic carbocycles. The van der Waals surface area contributed by atoms with E-state index in [0.29, 0.717) is 30.1 Å². The molecular weight excluding hydrogens is 392 g/mol. The zero-order valence-corrected chi connectivity index (χ0v) is 17.3. The molecule has 5 rings (SSSR count). The summed E-state index contributed by atoms with van der Waals surface area (Å²) < 4.78 is 7.46. The number of hydrogen-bond donors (Lipinski definition) is 2. The Kier molecular flexibility index (Phi) is 5.22. The lowest BCUT2D eigenvalue weighted by molar-refractivity contribution is 0.327. The molecule has 2 N–H and O–H groups in total. The van der Waals surface area contributed by atoms with Gasteiger partial charge in [-0.05, 0) is 31.9 Å². The summed E-state index contributed by atoms with van der Waals surface area (Å²) in [7, 11) is 0. The quantitative estimate of drug-likeness (QED) is 0.467. The number of rotatable bonds is 7. The van der Waals surface area contributed by atoms with Crippen LogP contribution < -0.4 is 20.3 Å². The van der Waals surface area contributed by atoms with E-state index in [4.69, 9.17) is 9.72 Å². The number of imidazole rings is 1. The number of pyridine rings is 2. The molecular formula is C22H24N8O. The zero-order valence-electron chi connectivity index (χ0n) is 17.3. The van der Waals surface area contributed by atoms with Gasteiger partial charge in [-0.15, -0.1) is 0 Å². The van der Waals surface area contributed by atoms with Crippen LogP contribution in [0.5, 0.6) is 5.88 Å².